The lowest BCUT2D eigenvalue weighted by Gasteiger charge is -2.22. The Morgan fingerprint density at radius 3 is 2.92 bits per heavy atom. The topological polar surface area (TPSA) is 80.1 Å². The maximum Gasteiger partial charge on any atom is 0.248 e. The quantitative estimate of drug-likeness (QED) is 0.918. The van der Waals surface area contributed by atoms with E-state index >= 15 is 0 Å². The molecular formula is C16H21N5O2S. The van der Waals surface area contributed by atoms with Crippen molar-refractivity contribution in [3.63, 3.8) is 0 Å². The molecular weight excluding hydrogens is 326 g/mol. The van der Waals surface area contributed by atoms with Crippen LogP contribution in [0.4, 0.5) is 5.69 Å². The number of amides is 2. The van der Waals surface area contributed by atoms with Gasteiger partial charge in [0.1, 0.15) is 6.04 Å². The zero-order chi connectivity index (χ0) is 17.3. The lowest BCUT2D eigenvalue weighted by molar-refractivity contribution is -0.135. The molecule has 8 heteroatoms. The standard InChI is InChI=1S/C16H21N5O2S/c1-4-14(22)20-9-24-8-13(20)16(23)19-12-5-11-6-18-21(10(2)3)15(11)17-7-12/h5-7,10,13H,4,8-9H2,1-3H3,(H,19,23)/t13-/m0/s1. The van der Waals surface area contributed by atoms with Crippen molar-refractivity contribution in [3.8, 4) is 0 Å². The third-order valence-electron chi connectivity index (χ3n) is 4.00. The van der Waals surface area contributed by atoms with Crippen molar-refractivity contribution in [2.75, 3.05) is 16.9 Å². The zero-order valence-corrected chi connectivity index (χ0v) is 14.8. The van der Waals surface area contributed by atoms with Crippen LogP contribution in [0.1, 0.15) is 33.2 Å². The molecule has 1 N–H and O–H groups in total. The molecule has 0 unspecified atom stereocenters. The second-order valence-electron chi connectivity index (χ2n) is 6.04. The molecule has 0 bridgehead atoms. The van der Waals surface area contributed by atoms with Crippen LogP contribution in [0.2, 0.25) is 0 Å². The number of aromatic nitrogens is 3. The molecule has 2 aromatic rings. The molecule has 2 amide bonds. The smallest absolute Gasteiger partial charge is 0.248 e. The minimum absolute atomic E-state index is 0.00642. The van der Waals surface area contributed by atoms with Crippen LogP contribution < -0.4 is 5.32 Å². The summed E-state index contributed by atoms with van der Waals surface area (Å²) in [6.45, 7) is 5.90. The van der Waals surface area contributed by atoms with E-state index in [0.29, 0.717) is 23.7 Å². The predicted molar refractivity (Wildman–Crippen MR) is 94.8 cm³/mol. The van der Waals surface area contributed by atoms with Crippen LogP contribution in [0.5, 0.6) is 0 Å². The fourth-order valence-corrected chi connectivity index (χ4v) is 3.90. The van der Waals surface area contributed by atoms with Gasteiger partial charge in [-0.25, -0.2) is 9.67 Å². The lowest BCUT2D eigenvalue weighted by Crippen LogP contribution is -2.44. The van der Waals surface area contributed by atoms with Crippen molar-refractivity contribution in [1.82, 2.24) is 19.7 Å². The van der Waals surface area contributed by atoms with Gasteiger partial charge >= 0.3 is 0 Å². The van der Waals surface area contributed by atoms with E-state index in [1.54, 1.807) is 29.1 Å². The van der Waals surface area contributed by atoms with Gasteiger partial charge in [-0.2, -0.15) is 5.10 Å². The summed E-state index contributed by atoms with van der Waals surface area (Å²) in [5.74, 6) is 1.04. The highest BCUT2D eigenvalue weighted by Gasteiger charge is 2.33. The molecule has 0 radical (unpaired) electrons. The maximum absolute atomic E-state index is 12.5. The number of nitrogens with one attached hydrogen (secondary N) is 1. The molecule has 2 aromatic heterocycles. The summed E-state index contributed by atoms with van der Waals surface area (Å²) in [6.07, 6.45) is 3.79. The molecule has 1 fully saturated rings. The van der Waals surface area contributed by atoms with Crippen LogP contribution in [0.25, 0.3) is 11.0 Å². The molecule has 3 rings (SSSR count). The summed E-state index contributed by atoms with van der Waals surface area (Å²) in [6, 6.07) is 1.66. The largest absolute Gasteiger partial charge is 0.323 e. The van der Waals surface area contributed by atoms with Crippen molar-refractivity contribution >= 4 is 40.3 Å². The average molecular weight is 347 g/mol. The van der Waals surface area contributed by atoms with Gasteiger partial charge in [-0.05, 0) is 19.9 Å². The highest BCUT2D eigenvalue weighted by atomic mass is 32.2. The Bertz CT molecular complexity index is 773. The normalized spacial score (nSPS) is 17.7. The van der Waals surface area contributed by atoms with E-state index in [1.165, 1.54) is 0 Å². The first kappa shape index (κ1) is 16.8. The Morgan fingerprint density at radius 1 is 1.42 bits per heavy atom. The van der Waals surface area contributed by atoms with Gasteiger partial charge in [0.05, 0.1) is 24.0 Å². The summed E-state index contributed by atoms with van der Waals surface area (Å²) < 4.78 is 1.84. The van der Waals surface area contributed by atoms with Crippen LogP contribution in [0.15, 0.2) is 18.5 Å². The van der Waals surface area contributed by atoms with Crippen LogP contribution in [-0.2, 0) is 9.59 Å². The average Bonchev–Trinajstić information content (AvgIpc) is 3.20. The predicted octanol–water partition coefficient (Wildman–Crippen LogP) is 2.26. The molecule has 1 aliphatic heterocycles. The number of anilines is 1. The van der Waals surface area contributed by atoms with Crippen LogP contribution in [0, 0.1) is 0 Å². The summed E-state index contributed by atoms with van der Waals surface area (Å²) in [5.41, 5.74) is 1.42. The molecule has 1 atom stereocenters. The Morgan fingerprint density at radius 2 is 2.21 bits per heavy atom. The van der Waals surface area contributed by atoms with E-state index in [4.69, 9.17) is 0 Å². The summed E-state index contributed by atoms with van der Waals surface area (Å²) in [5, 5.41) is 8.08. The molecule has 128 valence electrons. The number of rotatable bonds is 4. The van der Waals surface area contributed by atoms with Gasteiger partial charge in [-0.3, -0.25) is 9.59 Å². The van der Waals surface area contributed by atoms with E-state index in [1.807, 2.05) is 31.5 Å². The van der Waals surface area contributed by atoms with Crippen molar-refractivity contribution in [2.24, 2.45) is 0 Å². The number of pyridine rings is 1. The Hall–Kier alpha value is -2.09. The monoisotopic (exact) mass is 347 g/mol. The second kappa shape index (κ2) is 6.80. The third kappa shape index (κ3) is 3.10. The molecule has 3 heterocycles. The van der Waals surface area contributed by atoms with Crippen molar-refractivity contribution in [2.45, 2.75) is 39.3 Å². The van der Waals surface area contributed by atoms with Crippen molar-refractivity contribution in [3.05, 3.63) is 18.5 Å². The molecule has 0 aliphatic carbocycles. The number of carbonyl (C=O) groups excluding carboxylic acids is 2. The van der Waals surface area contributed by atoms with Gasteiger partial charge in [-0.15, -0.1) is 11.8 Å². The van der Waals surface area contributed by atoms with Crippen LogP contribution in [-0.4, -0.2) is 49.2 Å². The minimum atomic E-state index is -0.420. The lowest BCUT2D eigenvalue weighted by atomic mass is 10.2. The second-order valence-corrected chi connectivity index (χ2v) is 7.04. The fraction of sp³-hybridized carbons (Fsp3) is 0.500. The molecule has 0 saturated carbocycles. The Kier molecular flexibility index (Phi) is 4.75. The summed E-state index contributed by atoms with van der Waals surface area (Å²) >= 11 is 1.60. The Labute approximate surface area is 144 Å². The van der Waals surface area contributed by atoms with E-state index in [9.17, 15) is 9.59 Å². The Balaban J connectivity index is 1.77. The highest BCUT2D eigenvalue weighted by molar-refractivity contribution is 7.99. The van der Waals surface area contributed by atoms with Gasteiger partial charge in [0.2, 0.25) is 11.8 Å². The molecule has 0 spiro atoms. The summed E-state index contributed by atoms with van der Waals surface area (Å²) in [7, 11) is 0. The van der Waals surface area contributed by atoms with Crippen molar-refractivity contribution < 1.29 is 9.59 Å². The van der Waals surface area contributed by atoms with Gasteiger partial charge < -0.3 is 10.2 Å². The van der Waals surface area contributed by atoms with Gasteiger partial charge in [0.15, 0.2) is 5.65 Å². The third-order valence-corrected chi connectivity index (χ3v) is 5.01. The van der Waals surface area contributed by atoms with E-state index < -0.39 is 6.04 Å². The highest BCUT2D eigenvalue weighted by Crippen LogP contribution is 2.24. The number of fused-ring (bicyclic) bond motifs is 1. The number of carbonyl (C=O) groups is 2. The zero-order valence-electron chi connectivity index (χ0n) is 14.0. The van der Waals surface area contributed by atoms with Crippen LogP contribution >= 0.6 is 11.8 Å². The van der Waals surface area contributed by atoms with Crippen LogP contribution in [0.3, 0.4) is 0 Å². The van der Waals surface area contributed by atoms with Gasteiger partial charge in [0.25, 0.3) is 0 Å². The molecule has 0 aromatic carbocycles. The first-order valence-electron chi connectivity index (χ1n) is 8.02. The molecule has 1 saturated heterocycles. The van der Waals surface area contributed by atoms with E-state index in [0.717, 1.165) is 11.0 Å². The SMILES string of the molecule is CCC(=O)N1CSC[C@H]1C(=O)Nc1cnc2c(cnn2C(C)C)c1. The fourth-order valence-electron chi connectivity index (χ4n) is 2.72. The number of hydrogen-bond acceptors (Lipinski definition) is 5. The molecule has 24 heavy (non-hydrogen) atoms. The first-order chi connectivity index (χ1) is 11.5. The maximum atomic E-state index is 12.5. The summed E-state index contributed by atoms with van der Waals surface area (Å²) in [4.78, 5) is 30.5. The first-order valence-corrected chi connectivity index (χ1v) is 9.18. The van der Waals surface area contributed by atoms with E-state index in [2.05, 4.69) is 15.4 Å². The van der Waals surface area contributed by atoms with E-state index in [-0.39, 0.29) is 17.9 Å². The number of hydrogen-bond donors (Lipinski definition) is 1. The molecule has 1 aliphatic rings. The minimum Gasteiger partial charge on any atom is -0.323 e. The molecule has 7 nitrogen and oxygen atoms in total. The number of thioether (sulfide) groups is 1. The van der Waals surface area contributed by atoms with Crippen molar-refractivity contribution in [1.29, 1.82) is 0 Å². The van der Waals surface area contributed by atoms with Gasteiger partial charge in [0, 0.05) is 23.6 Å². The number of nitrogens with zero attached hydrogens (tertiary/aromatic N) is 4. The van der Waals surface area contributed by atoms with Gasteiger partial charge in [-0.1, -0.05) is 6.92 Å².